The molecule has 1 unspecified atom stereocenters. The van der Waals surface area contributed by atoms with Gasteiger partial charge in [0.15, 0.2) is 0 Å². The van der Waals surface area contributed by atoms with Crippen molar-refractivity contribution < 1.29 is 14.6 Å². The van der Waals surface area contributed by atoms with Crippen molar-refractivity contribution >= 4 is 16.9 Å². The number of carboxylic acids is 1. The standard InChI is InChI=1S/C15H17NO3/c17-15(18)12-3-4-14-11(10-12)5-7-16(14)8-6-13-2-1-9-19-13/h3-5,7,10,13H,1-2,6,8-9H2,(H,17,18). The molecular formula is C15H17NO3. The summed E-state index contributed by atoms with van der Waals surface area (Å²) in [7, 11) is 0. The van der Waals surface area contributed by atoms with Crippen LogP contribution >= 0.6 is 0 Å². The maximum Gasteiger partial charge on any atom is 0.335 e. The number of hydrogen-bond donors (Lipinski definition) is 1. The van der Waals surface area contributed by atoms with E-state index in [0.717, 1.165) is 36.9 Å². The third kappa shape index (κ3) is 2.49. The summed E-state index contributed by atoms with van der Waals surface area (Å²) in [6.45, 7) is 1.81. The Bertz CT molecular complexity index is 596. The summed E-state index contributed by atoms with van der Waals surface area (Å²) in [5, 5.41) is 9.95. The van der Waals surface area contributed by atoms with Gasteiger partial charge in [-0.3, -0.25) is 0 Å². The lowest BCUT2D eigenvalue weighted by Gasteiger charge is -2.10. The number of benzene rings is 1. The number of hydrogen-bond acceptors (Lipinski definition) is 2. The van der Waals surface area contributed by atoms with Crippen LogP contribution in [0.15, 0.2) is 30.5 Å². The first-order valence-corrected chi connectivity index (χ1v) is 6.68. The molecule has 1 atom stereocenters. The smallest absolute Gasteiger partial charge is 0.335 e. The lowest BCUT2D eigenvalue weighted by Crippen LogP contribution is -2.09. The van der Waals surface area contributed by atoms with Crippen molar-refractivity contribution in [2.75, 3.05) is 6.61 Å². The van der Waals surface area contributed by atoms with Crippen LogP contribution in [-0.4, -0.2) is 28.4 Å². The van der Waals surface area contributed by atoms with Crippen molar-refractivity contribution in [1.82, 2.24) is 4.57 Å². The highest BCUT2D eigenvalue weighted by Crippen LogP contribution is 2.21. The monoisotopic (exact) mass is 259 g/mol. The number of aryl methyl sites for hydroxylation is 1. The highest BCUT2D eigenvalue weighted by molar-refractivity contribution is 5.93. The molecule has 19 heavy (non-hydrogen) atoms. The molecule has 0 radical (unpaired) electrons. The molecule has 0 amide bonds. The molecule has 0 bridgehead atoms. The van der Waals surface area contributed by atoms with Crippen molar-refractivity contribution in [3.8, 4) is 0 Å². The molecule has 3 rings (SSSR count). The molecule has 1 aromatic carbocycles. The van der Waals surface area contributed by atoms with Gasteiger partial charge in [-0.1, -0.05) is 0 Å². The predicted octanol–water partition coefficient (Wildman–Crippen LogP) is 2.91. The van der Waals surface area contributed by atoms with E-state index in [0.29, 0.717) is 11.7 Å². The Morgan fingerprint density at radius 1 is 1.42 bits per heavy atom. The van der Waals surface area contributed by atoms with Crippen LogP contribution in [0.3, 0.4) is 0 Å². The third-order valence-electron chi connectivity index (χ3n) is 3.73. The quantitative estimate of drug-likeness (QED) is 0.918. The second-order valence-electron chi connectivity index (χ2n) is 5.01. The average Bonchev–Trinajstić information content (AvgIpc) is 3.05. The summed E-state index contributed by atoms with van der Waals surface area (Å²) in [4.78, 5) is 10.9. The van der Waals surface area contributed by atoms with Crippen molar-refractivity contribution in [1.29, 1.82) is 0 Å². The normalized spacial score (nSPS) is 19.1. The number of carboxylic acid groups (broad SMARTS) is 1. The minimum Gasteiger partial charge on any atom is -0.478 e. The third-order valence-corrected chi connectivity index (χ3v) is 3.73. The van der Waals surface area contributed by atoms with E-state index >= 15 is 0 Å². The average molecular weight is 259 g/mol. The minimum absolute atomic E-state index is 0.337. The maximum atomic E-state index is 10.9. The SMILES string of the molecule is O=C(O)c1ccc2c(ccn2CCC2CCCO2)c1. The zero-order valence-corrected chi connectivity index (χ0v) is 10.7. The molecule has 100 valence electrons. The van der Waals surface area contributed by atoms with E-state index in [1.807, 2.05) is 18.3 Å². The van der Waals surface area contributed by atoms with Crippen LogP contribution < -0.4 is 0 Å². The Kier molecular flexibility index (Phi) is 3.25. The van der Waals surface area contributed by atoms with Gasteiger partial charge in [-0.05, 0) is 43.5 Å². The van der Waals surface area contributed by atoms with Gasteiger partial charge in [0, 0.05) is 30.3 Å². The van der Waals surface area contributed by atoms with Crippen molar-refractivity contribution in [3.63, 3.8) is 0 Å². The van der Waals surface area contributed by atoms with E-state index in [2.05, 4.69) is 4.57 Å². The van der Waals surface area contributed by atoms with Crippen LogP contribution in [0.1, 0.15) is 29.6 Å². The topological polar surface area (TPSA) is 51.5 Å². The first kappa shape index (κ1) is 12.2. The van der Waals surface area contributed by atoms with Gasteiger partial charge < -0.3 is 14.4 Å². The summed E-state index contributed by atoms with van der Waals surface area (Å²) >= 11 is 0. The largest absolute Gasteiger partial charge is 0.478 e. The van der Waals surface area contributed by atoms with Gasteiger partial charge in [0.1, 0.15) is 0 Å². The van der Waals surface area contributed by atoms with E-state index in [4.69, 9.17) is 9.84 Å². The number of carbonyl (C=O) groups is 1. The lowest BCUT2D eigenvalue weighted by molar-refractivity contribution is 0.0697. The zero-order chi connectivity index (χ0) is 13.2. The molecule has 1 N–H and O–H groups in total. The maximum absolute atomic E-state index is 10.9. The molecule has 2 aromatic rings. The van der Waals surface area contributed by atoms with Gasteiger partial charge in [-0.25, -0.2) is 4.79 Å². The van der Waals surface area contributed by atoms with Gasteiger partial charge in [0.25, 0.3) is 0 Å². The van der Waals surface area contributed by atoms with E-state index in [-0.39, 0.29) is 0 Å². The Hall–Kier alpha value is -1.81. The first-order valence-electron chi connectivity index (χ1n) is 6.68. The number of aromatic nitrogens is 1. The highest BCUT2D eigenvalue weighted by atomic mass is 16.5. The van der Waals surface area contributed by atoms with Gasteiger partial charge in [-0.15, -0.1) is 0 Å². The molecule has 1 fully saturated rings. The molecule has 1 saturated heterocycles. The van der Waals surface area contributed by atoms with Crippen LogP contribution in [0.25, 0.3) is 10.9 Å². The number of ether oxygens (including phenoxy) is 1. The van der Waals surface area contributed by atoms with Crippen molar-refractivity contribution in [3.05, 3.63) is 36.0 Å². The molecule has 4 nitrogen and oxygen atoms in total. The molecule has 1 aliphatic rings. The van der Waals surface area contributed by atoms with Gasteiger partial charge >= 0.3 is 5.97 Å². The second kappa shape index (κ2) is 5.05. The van der Waals surface area contributed by atoms with Crippen LogP contribution in [0.4, 0.5) is 0 Å². The van der Waals surface area contributed by atoms with E-state index in [1.54, 1.807) is 12.1 Å². The summed E-state index contributed by atoms with van der Waals surface area (Å²) in [5.41, 5.74) is 1.42. The molecule has 0 aliphatic carbocycles. The highest BCUT2D eigenvalue weighted by Gasteiger charge is 2.15. The van der Waals surface area contributed by atoms with Crippen LogP contribution in [0.2, 0.25) is 0 Å². The summed E-state index contributed by atoms with van der Waals surface area (Å²) in [6.07, 6.45) is 5.74. The zero-order valence-electron chi connectivity index (χ0n) is 10.7. The molecule has 1 aromatic heterocycles. The van der Waals surface area contributed by atoms with Crippen LogP contribution in [0.5, 0.6) is 0 Å². The van der Waals surface area contributed by atoms with Crippen molar-refractivity contribution in [2.24, 2.45) is 0 Å². The van der Waals surface area contributed by atoms with Crippen LogP contribution in [0, 0.1) is 0 Å². The number of nitrogens with zero attached hydrogens (tertiary/aromatic N) is 1. The Morgan fingerprint density at radius 2 is 2.32 bits per heavy atom. The van der Waals surface area contributed by atoms with E-state index in [1.165, 1.54) is 6.42 Å². The summed E-state index contributed by atoms with van der Waals surface area (Å²) in [6, 6.07) is 7.24. The number of aromatic carboxylic acids is 1. The van der Waals surface area contributed by atoms with Gasteiger partial charge in [-0.2, -0.15) is 0 Å². The lowest BCUT2D eigenvalue weighted by atomic mass is 10.1. The molecule has 0 saturated carbocycles. The minimum atomic E-state index is -0.881. The molecule has 1 aliphatic heterocycles. The first-order chi connectivity index (χ1) is 9.24. The Morgan fingerprint density at radius 3 is 3.05 bits per heavy atom. The molecular weight excluding hydrogens is 242 g/mol. The fourth-order valence-corrected chi connectivity index (χ4v) is 2.68. The Balaban J connectivity index is 1.78. The van der Waals surface area contributed by atoms with Gasteiger partial charge in [0.2, 0.25) is 0 Å². The van der Waals surface area contributed by atoms with Gasteiger partial charge in [0.05, 0.1) is 11.7 Å². The summed E-state index contributed by atoms with van der Waals surface area (Å²) < 4.78 is 7.79. The fourth-order valence-electron chi connectivity index (χ4n) is 2.68. The van der Waals surface area contributed by atoms with E-state index < -0.39 is 5.97 Å². The second-order valence-corrected chi connectivity index (χ2v) is 5.01. The molecule has 0 spiro atoms. The summed E-state index contributed by atoms with van der Waals surface area (Å²) in [5.74, 6) is -0.881. The van der Waals surface area contributed by atoms with Crippen molar-refractivity contribution in [2.45, 2.75) is 31.9 Å². The molecule has 4 heteroatoms. The number of fused-ring (bicyclic) bond motifs is 1. The Labute approximate surface area is 111 Å². The number of rotatable bonds is 4. The fraction of sp³-hybridized carbons (Fsp3) is 0.400. The predicted molar refractivity (Wildman–Crippen MR) is 72.5 cm³/mol. The van der Waals surface area contributed by atoms with E-state index in [9.17, 15) is 4.79 Å². The molecule has 2 heterocycles. The van der Waals surface area contributed by atoms with Crippen LogP contribution in [-0.2, 0) is 11.3 Å².